The van der Waals surface area contributed by atoms with Crippen molar-refractivity contribution in [3.63, 3.8) is 0 Å². The molecule has 0 aliphatic carbocycles. The van der Waals surface area contributed by atoms with Crippen LogP contribution in [0.15, 0.2) is 72.8 Å². The Kier molecular flexibility index (Phi) is 9.38. The number of hydrogen-bond acceptors (Lipinski definition) is 6. The van der Waals surface area contributed by atoms with Gasteiger partial charge >= 0.3 is 0 Å². The van der Waals surface area contributed by atoms with Crippen molar-refractivity contribution in [3.8, 4) is 0 Å². The number of carbonyl (C=O) groups is 2. The van der Waals surface area contributed by atoms with Gasteiger partial charge in [0.1, 0.15) is 5.82 Å². The van der Waals surface area contributed by atoms with Crippen LogP contribution < -0.4 is 15.5 Å². The first-order chi connectivity index (χ1) is 19.6. The second-order valence-corrected chi connectivity index (χ2v) is 10.1. The first-order valence-corrected chi connectivity index (χ1v) is 13.9. The lowest BCUT2D eigenvalue weighted by atomic mass is 10.1. The molecule has 5 rings (SSSR count). The molecule has 2 amide bonds. The van der Waals surface area contributed by atoms with E-state index in [0.29, 0.717) is 31.0 Å². The monoisotopic (exact) mass is 545 g/mol. The minimum atomic E-state index is -0.592. The molecule has 0 saturated carbocycles. The zero-order valence-corrected chi connectivity index (χ0v) is 22.7. The summed E-state index contributed by atoms with van der Waals surface area (Å²) in [5.74, 6) is -1.35. The molecule has 8 nitrogen and oxygen atoms in total. The van der Waals surface area contributed by atoms with Gasteiger partial charge in [0.15, 0.2) is 0 Å². The summed E-state index contributed by atoms with van der Waals surface area (Å²) >= 11 is 0. The smallest absolute Gasteiger partial charge is 0.258 e. The largest absolute Gasteiger partial charge is 0.379 e. The zero-order chi connectivity index (χ0) is 27.7. The normalized spacial score (nSPS) is 16.5. The second kappa shape index (κ2) is 13.5. The third kappa shape index (κ3) is 7.24. The van der Waals surface area contributed by atoms with Crippen LogP contribution >= 0.6 is 0 Å². The summed E-state index contributed by atoms with van der Waals surface area (Å²) in [7, 11) is 0. The topological polar surface area (TPSA) is 77.2 Å². The maximum Gasteiger partial charge on any atom is 0.258 e. The van der Waals surface area contributed by atoms with Crippen LogP contribution in [0, 0.1) is 5.82 Å². The van der Waals surface area contributed by atoms with Gasteiger partial charge in [0.25, 0.3) is 11.8 Å². The average Bonchev–Trinajstić information content (AvgIpc) is 2.99. The third-order valence-corrected chi connectivity index (χ3v) is 7.40. The fourth-order valence-corrected chi connectivity index (χ4v) is 5.15. The summed E-state index contributed by atoms with van der Waals surface area (Å²) in [5, 5.41) is 5.82. The molecule has 40 heavy (non-hydrogen) atoms. The number of anilines is 2. The Morgan fingerprint density at radius 3 is 2.25 bits per heavy atom. The van der Waals surface area contributed by atoms with Crippen LogP contribution in [0.4, 0.5) is 15.8 Å². The van der Waals surface area contributed by atoms with E-state index in [1.807, 2.05) is 12.1 Å². The number of carbonyl (C=O) groups excluding carboxylic acids is 2. The van der Waals surface area contributed by atoms with Crippen molar-refractivity contribution in [2.45, 2.75) is 6.54 Å². The number of amides is 2. The molecule has 0 atom stereocenters. The summed E-state index contributed by atoms with van der Waals surface area (Å²) in [6.45, 7) is 8.57. The summed E-state index contributed by atoms with van der Waals surface area (Å²) in [6, 6.07) is 21.6. The summed E-state index contributed by atoms with van der Waals surface area (Å²) < 4.78 is 19.6. The molecule has 2 heterocycles. The number of nitrogens with zero attached hydrogens (tertiary/aromatic N) is 3. The number of halogens is 1. The van der Waals surface area contributed by atoms with Gasteiger partial charge in [0.2, 0.25) is 0 Å². The van der Waals surface area contributed by atoms with E-state index >= 15 is 0 Å². The van der Waals surface area contributed by atoms with Crippen molar-refractivity contribution in [2.75, 3.05) is 75.8 Å². The molecule has 2 fully saturated rings. The minimum Gasteiger partial charge on any atom is -0.379 e. The van der Waals surface area contributed by atoms with Crippen molar-refractivity contribution in [1.29, 1.82) is 0 Å². The first kappa shape index (κ1) is 27.8. The number of piperazine rings is 1. The molecule has 2 aliphatic heterocycles. The number of rotatable bonds is 9. The Labute approximate surface area is 234 Å². The molecule has 9 heteroatoms. The van der Waals surface area contributed by atoms with Crippen molar-refractivity contribution in [2.24, 2.45) is 0 Å². The molecule has 3 aromatic rings. The predicted octanol–water partition coefficient (Wildman–Crippen LogP) is 3.46. The molecule has 0 spiro atoms. The highest BCUT2D eigenvalue weighted by molar-refractivity contribution is 6.06. The fraction of sp³-hybridized carbons (Fsp3) is 0.355. The fourth-order valence-electron chi connectivity index (χ4n) is 5.15. The van der Waals surface area contributed by atoms with Gasteiger partial charge in [0, 0.05) is 70.3 Å². The van der Waals surface area contributed by atoms with Gasteiger partial charge in [-0.3, -0.25) is 19.4 Å². The highest BCUT2D eigenvalue weighted by Crippen LogP contribution is 2.27. The van der Waals surface area contributed by atoms with Crippen molar-refractivity contribution < 1.29 is 18.7 Å². The van der Waals surface area contributed by atoms with Gasteiger partial charge in [-0.1, -0.05) is 42.5 Å². The van der Waals surface area contributed by atoms with E-state index in [4.69, 9.17) is 4.74 Å². The number of hydrogen-bond donors (Lipinski definition) is 2. The molecule has 0 unspecified atom stereocenters. The van der Waals surface area contributed by atoms with E-state index in [1.165, 1.54) is 17.7 Å². The van der Waals surface area contributed by atoms with Crippen LogP contribution in [0.3, 0.4) is 0 Å². The Balaban J connectivity index is 1.29. The van der Waals surface area contributed by atoms with E-state index < -0.39 is 11.7 Å². The predicted molar refractivity (Wildman–Crippen MR) is 154 cm³/mol. The van der Waals surface area contributed by atoms with Crippen molar-refractivity contribution in [3.05, 3.63) is 95.3 Å². The summed E-state index contributed by atoms with van der Waals surface area (Å²) in [6.07, 6.45) is 0. The van der Waals surface area contributed by atoms with Gasteiger partial charge in [-0.25, -0.2) is 4.39 Å². The molecule has 2 saturated heterocycles. The van der Waals surface area contributed by atoms with Gasteiger partial charge < -0.3 is 20.3 Å². The molecule has 0 bridgehead atoms. The molecule has 2 aliphatic rings. The maximum atomic E-state index is 14.2. The van der Waals surface area contributed by atoms with Crippen LogP contribution in [0.2, 0.25) is 0 Å². The van der Waals surface area contributed by atoms with E-state index in [0.717, 1.165) is 58.0 Å². The Hall–Kier alpha value is -3.79. The number of ether oxygens (including phenoxy) is 1. The average molecular weight is 546 g/mol. The lowest BCUT2D eigenvalue weighted by Crippen LogP contribution is -2.46. The molecule has 2 N–H and O–H groups in total. The number of nitrogens with one attached hydrogen (secondary N) is 2. The van der Waals surface area contributed by atoms with Crippen molar-refractivity contribution >= 4 is 23.2 Å². The molecular formula is C31H36FN5O3. The molecule has 0 radical (unpaired) electrons. The zero-order valence-electron chi connectivity index (χ0n) is 22.7. The van der Waals surface area contributed by atoms with Crippen LogP contribution in [-0.4, -0.2) is 87.2 Å². The summed E-state index contributed by atoms with van der Waals surface area (Å²) in [4.78, 5) is 33.1. The Morgan fingerprint density at radius 1 is 0.775 bits per heavy atom. The van der Waals surface area contributed by atoms with Gasteiger partial charge in [-0.15, -0.1) is 0 Å². The van der Waals surface area contributed by atoms with Gasteiger partial charge in [-0.2, -0.15) is 0 Å². The van der Waals surface area contributed by atoms with E-state index in [2.05, 4.69) is 49.6 Å². The Bertz CT molecular complexity index is 1290. The lowest BCUT2D eigenvalue weighted by molar-refractivity contribution is 0.0383. The molecule has 3 aromatic carbocycles. The second-order valence-electron chi connectivity index (χ2n) is 10.1. The van der Waals surface area contributed by atoms with Crippen molar-refractivity contribution in [1.82, 2.24) is 15.1 Å². The molecule has 210 valence electrons. The van der Waals surface area contributed by atoms with E-state index in [9.17, 15) is 14.0 Å². The Morgan fingerprint density at radius 2 is 1.50 bits per heavy atom. The highest BCUT2D eigenvalue weighted by atomic mass is 19.1. The third-order valence-electron chi connectivity index (χ3n) is 7.40. The van der Waals surface area contributed by atoms with Crippen LogP contribution in [0.5, 0.6) is 0 Å². The van der Waals surface area contributed by atoms with E-state index in [1.54, 1.807) is 24.3 Å². The standard InChI is InChI=1S/C31H36FN5O3/c32-28-9-5-4-8-26(28)31(39)34-25-10-11-29(27(22-25)30(38)33-12-13-35-18-20-40-21-19-35)37-16-14-36(15-17-37)23-24-6-2-1-3-7-24/h1-11,22H,12-21,23H2,(H,33,38)(H,34,39). The number of morpholine rings is 1. The number of benzene rings is 3. The first-order valence-electron chi connectivity index (χ1n) is 13.9. The quantitative estimate of drug-likeness (QED) is 0.429. The van der Waals surface area contributed by atoms with Crippen LogP contribution in [-0.2, 0) is 11.3 Å². The lowest BCUT2D eigenvalue weighted by Gasteiger charge is -2.37. The SMILES string of the molecule is O=C(Nc1ccc(N2CCN(Cc3ccccc3)CC2)c(C(=O)NCCN2CCOCC2)c1)c1ccccc1F. The van der Waals surface area contributed by atoms with Gasteiger partial charge in [-0.05, 0) is 35.9 Å². The summed E-state index contributed by atoms with van der Waals surface area (Å²) in [5.41, 5.74) is 3.00. The molecule has 0 aromatic heterocycles. The van der Waals surface area contributed by atoms with Crippen LogP contribution in [0.1, 0.15) is 26.3 Å². The van der Waals surface area contributed by atoms with E-state index in [-0.39, 0.29) is 11.5 Å². The van der Waals surface area contributed by atoms with Gasteiger partial charge in [0.05, 0.1) is 24.3 Å². The minimum absolute atomic E-state index is 0.0439. The highest BCUT2D eigenvalue weighted by Gasteiger charge is 2.23. The van der Waals surface area contributed by atoms with Crippen LogP contribution in [0.25, 0.3) is 0 Å². The maximum absolute atomic E-state index is 14.2. The molecular weight excluding hydrogens is 509 g/mol.